The summed E-state index contributed by atoms with van der Waals surface area (Å²) in [7, 11) is -2.58. The number of ether oxygens (including phenoxy) is 2. The first-order valence-electron chi connectivity index (χ1n) is 7.03. The average Bonchev–Trinajstić information content (AvgIpc) is 2.36. The van der Waals surface area contributed by atoms with Crippen LogP contribution in [0.3, 0.4) is 0 Å². The lowest BCUT2D eigenvalue weighted by atomic mass is 10.0. The number of hydrogen-bond acceptors (Lipinski definition) is 8. The summed E-state index contributed by atoms with van der Waals surface area (Å²) in [6.45, 7) is 5.08. The van der Waals surface area contributed by atoms with E-state index in [1.807, 2.05) is 0 Å². The van der Waals surface area contributed by atoms with Crippen LogP contribution in [0, 0.1) is 0 Å². The number of esters is 1. The molecule has 134 valence electrons. The van der Waals surface area contributed by atoms with Crippen LogP contribution < -0.4 is 0 Å². The molecule has 0 aromatic carbocycles. The van der Waals surface area contributed by atoms with Crippen LogP contribution in [0.5, 0.6) is 0 Å². The molecule has 0 bridgehead atoms. The molecule has 1 aliphatic rings. The number of carbonyl (C=O) groups excluding carboxylic acids is 2. The number of carbonyl (C=O) groups is 2. The molecule has 9 nitrogen and oxygen atoms in total. The van der Waals surface area contributed by atoms with Crippen LogP contribution in [0.25, 0.3) is 0 Å². The van der Waals surface area contributed by atoms with Gasteiger partial charge in [0.25, 0.3) is 10.1 Å². The molecule has 0 spiro atoms. The molecule has 0 saturated carbocycles. The van der Waals surface area contributed by atoms with Crippen molar-refractivity contribution in [2.45, 2.75) is 51.4 Å². The molecule has 1 saturated heterocycles. The van der Waals surface area contributed by atoms with E-state index >= 15 is 0 Å². The lowest BCUT2D eigenvalue weighted by molar-refractivity contribution is -0.218. The standard InChI is InChI=1S/C13H23NO8S/c1-13(2,3)21-12(16)14-9(8-11(15)19-4)10(6-7-20-14)22-23(5,17)18/h9-10H,6-8H2,1-5H3/t9-,10+/m0/s1. The lowest BCUT2D eigenvalue weighted by Crippen LogP contribution is -2.54. The number of nitrogens with zero attached hydrogens (tertiary/aromatic N) is 1. The Morgan fingerprint density at radius 1 is 1.30 bits per heavy atom. The molecule has 1 fully saturated rings. The van der Waals surface area contributed by atoms with E-state index in [4.69, 9.17) is 13.8 Å². The van der Waals surface area contributed by atoms with E-state index in [1.54, 1.807) is 20.8 Å². The summed E-state index contributed by atoms with van der Waals surface area (Å²) in [5.74, 6) is -0.629. The Morgan fingerprint density at radius 3 is 2.39 bits per heavy atom. The van der Waals surface area contributed by atoms with Crippen LogP contribution in [0.15, 0.2) is 0 Å². The van der Waals surface area contributed by atoms with E-state index in [9.17, 15) is 18.0 Å². The Morgan fingerprint density at radius 2 is 1.91 bits per heavy atom. The minimum absolute atomic E-state index is 0.0527. The topological polar surface area (TPSA) is 108 Å². The second-order valence-corrected chi connectivity index (χ2v) is 7.72. The highest BCUT2D eigenvalue weighted by molar-refractivity contribution is 7.86. The van der Waals surface area contributed by atoms with Gasteiger partial charge in [0, 0.05) is 6.42 Å². The second-order valence-electron chi connectivity index (χ2n) is 6.11. The van der Waals surface area contributed by atoms with Crippen molar-refractivity contribution in [1.29, 1.82) is 0 Å². The van der Waals surface area contributed by atoms with Crippen LogP contribution in [0.4, 0.5) is 4.79 Å². The third-order valence-electron chi connectivity index (χ3n) is 2.84. The first kappa shape index (κ1) is 19.7. The molecule has 10 heteroatoms. The van der Waals surface area contributed by atoms with Crippen molar-refractivity contribution in [2.75, 3.05) is 20.0 Å². The number of hydrogen-bond donors (Lipinski definition) is 0. The van der Waals surface area contributed by atoms with Crippen molar-refractivity contribution in [3.63, 3.8) is 0 Å². The number of hydroxylamine groups is 2. The molecule has 1 aliphatic heterocycles. The molecule has 0 unspecified atom stereocenters. The summed E-state index contributed by atoms with van der Waals surface area (Å²) >= 11 is 0. The lowest BCUT2D eigenvalue weighted by Gasteiger charge is -2.39. The van der Waals surface area contributed by atoms with Crippen LogP contribution in [-0.2, 0) is 33.4 Å². The van der Waals surface area contributed by atoms with Crippen LogP contribution >= 0.6 is 0 Å². The zero-order valence-electron chi connectivity index (χ0n) is 13.9. The monoisotopic (exact) mass is 353 g/mol. The summed E-state index contributed by atoms with van der Waals surface area (Å²) in [6, 6.07) is -0.972. The number of amides is 1. The zero-order valence-corrected chi connectivity index (χ0v) is 14.7. The normalized spacial score (nSPS) is 22.6. The predicted octanol–water partition coefficient (Wildman–Crippen LogP) is 0.835. The summed E-state index contributed by atoms with van der Waals surface area (Å²) in [6.07, 6.45) is -0.932. The molecule has 0 aromatic heterocycles. The van der Waals surface area contributed by atoms with Crippen LogP contribution in [0.1, 0.15) is 33.6 Å². The van der Waals surface area contributed by atoms with Gasteiger partial charge in [0.15, 0.2) is 0 Å². The Kier molecular flexibility index (Phi) is 6.37. The minimum Gasteiger partial charge on any atom is -0.469 e. The maximum Gasteiger partial charge on any atom is 0.434 e. The largest absolute Gasteiger partial charge is 0.469 e. The third kappa shape index (κ3) is 6.71. The van der Waals surface area contributed by atoms with Gasteiger partial charge in [0.1, 0.15) is 17.7 Å². The Bertz CT molecular complexity index is 539. The van der Waals surface area contributed by atoms with Gasteiger partial charge in [0.2, 0.25) is 0 Å². The van der Waals surface area contributed by atoms with Crippen molar-refractivity contribution in [3.05, 3.63) is 0 Å². The summed E-state index contributed by atoms with van der Waals surface area (Å²) in [5, 5.41) is 0.849. The molecule has 1 heterocycles. The highest BCUT2D eigenvalue weighted by Gasteiger charge is 2.41. The van der Waals surface area contributed by atoms with Crippen molar-refractivity contribution >= 4 is 22.2 Å². The van der Waals surface area contributed by atoms with E-state index in [0.29, 0.717) is 0 Å². The van der Waals surface area contributed by atoms with Crippen LogP contribution in [0.2, 0.25) is 0 Å². The Labute approximate surface area is 135 Å². The predicted molar refractivity (Wildman–Crippen MR) is 78.8 cm³/mol. The van der Waals surface area contributed by atoms with Crippen molar-refractivity contribution in [1.82, 2.24) is 5.06 Å². The molecule has 0 N–H and O–H groups in total. The highest BCUT2D eigenvalue weighted by Crippen LogP contribution is 2.25. The molecule has 1 amide bonds. The van der Waals surface area contributed by atoms with Gasteiger partial charge in [-0.25, -0.2) is 4.79 Å². The molecule has 0 aromatic rings. The van der Waals surface area contributed by atoms with Crippen LogP contribution in [-0.4, -0.2) is 63.3 Å². The van der Waals surface area contributed by atoms with Gasteiger partial charge in [-0.05, 0) is 20.8 Å². The van der Waals surface area contributed by atoms with E-state index in [2.05, 4.69) is 4.74 Å². The third-order valence-corrected chi connectivity index (χ3v) is 3.44. The molecule has 2 atom stereocenters. The van der Waals surface area contributed by atoms with Gasteiger partial charge >= 0.3 is 12.1 Å². The van der Waals surface area contributed by atoms with Gasteiger partial charge in [0.05, 0.1) is 26.4 Å². The maximum absolute atomic E-state index is 12.2. The van der Waals surface area contributed by atoms with E-state index < -0.39 is 39.9 Å². The fraction of sp³-hybridized carbons (Fsp3) is 0.846. The van der Waals surface area contributed by atoms with Gasteiger partial charge < -0.3 is 9.47 Å². The van der Waals surface area contributed by atoms with Gasteiger partial charge in [-0.15, -0.1) is 0 Å². The molecule has 1 rings (SSSR count). The molecular weight excluding hydrogens is 330 g/mol. The fourth-order valence-corrected chi connectivity index (χ4v) is 2.68. The number of methoxy groups -OCH3 is 1. The van der Waals surface area contributed by atoms with Crippen molar-refractivity contribution in [2.24, 2.45) is 0 Å². The van der Waals surface area contributed by atoms with Gasteiger partial charge in [-0.1, -0.05) is 0 Å². The Hall–Kier alpha value is -1.39. The molecule has 0 radical (unpaired) electrons. The summed E-state index contributed by atoms with van der Waals surface area (Å²) in [4.78, 5) is 29.1. The molecule has 0 aliphatic carbocycles. The maximum atomic E-state index is 12.2. The molecule has 23 heavy (non-hydrogen) atoms. The van der Waals surface area contributed by atoms with E-state index in [0.717, 1.165) is 11.3 Å². The SMILES string of the molecule is COC(=O)C[C@H]1[C@H](OS(C)(=O)=O)CCON1C(=O)OC(C)(C)C. The quantitative estimate of drug-likeness (QED) is 0.540. The Balaban J connectivity index is 3.00. The van der Waals surface area contributed by atoms with Crippen molar-refractivity contribution in [3.8, 4) is 0 Å². The first-order valence-corrected chi connectivity index (χ1v) is 8.85. The van der Waals surface area contributed by atoms with Crippen molar-refractivity contribution < 1.29 is 36.5 Å². The second kappa shape index (κ2) is 7.45. The van der Waals surface area contributed by atoms with E-state index in [-0.39, 0.29) is 19.4 Å². The average molecular weight is 353 g/mol. The first-order chi connectivity index (χ1) is 10.4. The summed E-state index contributed by atoms with van der Waals surface area (Å²) in [5.41, 5.74) is -0.777. The zero-order chi connectivity index (χ0) is 17.8. The van der Waals surface area contributed by atoms with Gasteiger partial charge in [-0.2, -0.15) is 13.5 Å². The molecular formula is C13H23NO8S. The van der Waals surface area contributed by atoms with E-state index in [1.165, 1.54) is 7.11 Å². The highest BCUT2D eigenvalue weighted by atomic mass is 32.2. The smallest absolute Gasteiger partial charge is 0.434 e. The minimum atomic E-state index is -3.77. The fourth-order valence-electron chi connectivity index (χ4n) is 2.01. The number of rotatable bonds is 4. The summed E-state index contributed by atoms with van der Waals surface area (Å²) < 4.78 is 37.6. The van der Waals surface area contributed by atoms with Gasteiger partial charge in [-0.3, -0.25) is 13.8 Å².